The maximum atomic E-state index is 12.9. The number of unbranched alkanes of at least 4 members (excludes halogenated alkanes) is 42. The van der Waals surface area contributed by atoms with Crippen LogP contribution in [0.4, 0.5) is 0 Å². The number of esters is 3. The number of hydrogen-bond donors (Lipinski definition) is 0. The summed E-state index contributed by atoms with van der Waals surface area (Å²) in [5, 5.41) is 0. The molecule has 0 aliphatic heterocycles. The van der Waals surface area contributed by atoms with Crippen molar-refractivity contribution in [3.8, 4) is 0 Å². The molecule has 0 rings (SSSR count). The minimum atomic E-state index is -0.775. The third kappa shape index (κ3) is 67.5. The van der Waals surface area contributed by atoms with E-state index in [1.54, 1.807) is 0 Å². The third-order valence-corrected chi connectivity index (χ3v) is 15.7. The third-order valence-electron chi connectivity index (χ3n) is 15.7. The van der Waals surface area contributed by atoms with Gasteiger partial charge in [-0.25, -0.2) is 0 Å². The molecule has 0 saturated carbocycles. The molecule has 0 aromatic heterocycles. The Balaban J connectivity index is 4.21. The van der Waals surface area contributed by atoms with Crippen molar-refractivity contribution in [3.63, 3.8) is 0 Å². The van der Waals surface area contributed by atoms with Crippen molar-refractivity contribution in [2.45, 2.75) is 374 Å². The molecule has 1 atom stereocenters. The Labute approximate surface area is 503 Å². The Morgan fingerprint density at radius 2 is 0.481 bits per heavy atom. The Hall–Kier alpha value is -3.15. The van der Waals surface area contributed by atoms with Crippen LogP contribution in [0.2, 0.25) is 0 Å². The molecule has 0 saturated heterocycles. The Morgan fingerprint density at radius 3 is 0.765 bits per heavy atom. The molecule has 0 fully saturated rings. The van der Waals surface area contributed by atoms with E-state index in [1.807, 2.05) is 0 Å². The monoisotopic (exact) mass is 1130 g/mol. The summed E-state index contributed by atoms with van der Waals surface area (Å²) in [6.45, 7) is 6.58. The summed E-state index contributed by atoms with van der Waals surface area (Å²) < 4.78 is 17.0. The first-order chi connectivity index (χ1) is 40.0. The standard InChI is InChI=1S/C75H134O6/c1-4-7-10-13-16-19-22-25-28-30-32-33-34-35-36-37-38-39-40-41-42-43-44-46-47-50-53-56-59-62-65-68-74(77)80-71-72(70-79-73(76)67-64-61-58-55-52-49-27-24-21-18-15-12-9-6-3)81-75(78)69-66-63-60-57-54-51-48-45-31-29-26-23-20-17-14-11-8-5-2/h7,10,16,19,25,28-29,31-33,35-36,72H,4-6,8-9,11-15,17-18,20-24,26-27,30,34,37-71H2,1-3H3/b10-7-,19-16-,28-25-,31-29-,33-32-,36-35-. The number of hydrogen-bond acceptors (Lipinski definition) is 6. The fraction of sp³-hybridized carbons (Fsp3) is 0.800. The summed E-state index contributed by atoms with van der Waals surface area (Å²) in [6.07, 6.45) is 90.7. The Morgan fingerprint density at radius 1 is 0.259 bits per heavy atom. The van der Waals surface area contributed by atoms with Crippen LogP contribution in [-0.2, 0) is 28.6 Å². The fourth-order valence-corrected chi connectivity index (χ4v) is 10.4. The molecule has 0 radical (unpaired) electrons. The Bertz CT molecular complexity index is 1490. The highest BCUT2D eigenvalue weighted by Gasteiger charge is 2.19. The van der Waals surface area contributed by atoms with Crippen molar-refractivity contribution in [1.29, 1.82) is 0 Å². The van der Waals surface area contributed by atoms with Gasteiger partial charge in [-0.1, -0.05) is 331 Å². The number of rotatable bonds is 65. The number of allylic oxidation sites excluding steroid dienone is 12. The number of carbonyl (C=O) groups excluding carboxylic acids is 3. The van der Waals surface area contributed by atoms with E-state index in [-0.39, 0.29) is 31.1 Å². The van der Waals surface area contributed by atoms with E-state index in [9.17, 15) is 14.4 Å². The van der Waals surface area contributed by atoms with Gasteiger partial charge in [-0.2, -0.15) is 0 Å². The summed E-state index contributed by atoms with van der Waals surface area (Å²) in [7, 11) is 0. The van der Waals surface area contributed by atoms with Crippen LogP contribution in [0.15, 0.2) is 72.9 Å². The molecule has 0 aromatic carbocycles. The minimum absolute atomic E-state index is 0.0712. The van der Waals surface area contributed by atoms with E-state index < -0.39 is 6.10 Å². The quantitative estimate of drug-likeness (QED) is 0.0261. The van der Waals surface area contributed by atoms with Gasteiger partial charge < -0.3 is 14.2 Å². The van der Waals surface area contributed by atoms with E-state index >= 15 is 0 Å². The lowest BCUT2D eigenvalue weighted by Gasteiger charge is -2.18. The summed E-state index contributed by atoms with van der Waals surface area (Å²) in [4.78, 5) is 38.4. The van der Waals surface area contributed by atoms with E-state index in [4.69, 9.17) is 14.2 Å². The van der Waals surface area contributed by atoms with Crippen LogP contribution in [0.1, 0.15) is 367 Å². The molecule has 0 aliphatic rings. The van der Waals surface area contributed by atoms with E-state index in [1.165, 1.54) is 238 Å². The number of carbonyl (C=O) groups is 3. The first-order valence-corrected chi connectivity index (χ1v) is 35.4. The molecular formula is C75H134O6. The molecule has 0 N–H and O–H groups in total. The second-order valence-corrected chi connectivity index (χ2v) is 23.8. The maximum Gasteiger partial charge on any atom is 0.306 e. The smallest absolute Gasteiger partial charge is 0.306 e. The lowest BCUT2D eigenvalue weighted by Crippen LogP contribution is -2.30. The lowest BCUT2D eigenvalue weighted by molar-refractivity contribution is -0.167. The zero-order valence-corrected chi connectivity index (χ0v) is 54.1. The lowest BCUT2D eigenvalue weighted by atomic mass is 10.0. The van der Waals surface area contributed by atoms with Gasteiger partial charge in [0.25, 0.3) is 0 Å². The summed E-state index contributed by atoms with van der Waals surface area (Å²) >= 11 is 0. The van der Waals surface area contributed by atoms with Crippen LogP contribution in [0, 0.1) is 0 Å². The van der Waals surface area contributed by atoms with Crippen molar-refractivity contribution in [2.24, 2.45) is 0 Å². The zero-order valence-electron chi connectivity index (χ0n) is 54.1. The first-order valence-electron chi connectivity index (χ1n) is 35.4. The van der Waals surface area contributed by atoms with Gasteiger partial charge in [0.05, 0.1) is 0 Å². The van der Waals surface area contributed by atoms with Gasteiger partial charge in [-0.3, -0.25) is 14.4 Å². The van der Waals surface area contributed by atoms with Gasteiger partial charge in [0, 0.05) is 19.3 Å². The Kier molecular flexibility index (Phi) is 66.6. The molecule has 6 nitrogen and oxygen atoms in total. The predicted octanol–water partition coefficient (Wildman–Crippen LogP) is 24.4. The second-order valence-electron chi connectivity index (χ2n) is 23.8. The molecule has 0 amide bonds. The van der Waals surface area contributed by atoms with Gasteiger partial charge in [0.2, 0.25) is 0 Å². The predicted molar refractivity (Wildman–Crippen MR) is 353 cm³/mol. The molecule has 0 bridgehead atoms. The van der Waals surface area contributed by atoms with Crippen molar-refractivity contribution in [3.05, 3.63) is 72.9 Å². The first kappa shape index (κ1) is 77.9. The fourth-order valence-electron chi connectivity index (χ4n) is 10.4. The largest absolute Gasteiger partial charge is 0.462 e. The minimum Gasteiger partial charge on any atom is -0.462 e. The van der Waals surface area contributed by atoms with Crippen LogP contribution in [-0.4, -0.2) is 37.2 Å². The average Bonchev–Trinajstić information content (AvgIpc) is 3.47. The zero-order chi connectivity index (χ0) is 58.5. The van der Waals surface area contributed by atoms with Gasteiger partial charge in [0.15, 0.2) is 6.10 Å². The molecule has 470 valence electrons. The highest BCUT2D eigenvalue weighted by atomic mass is 16.6. The van der Waals surface area contributed by atoms with Crippen molar-refractivity contribution < 1.29 is 28.6 Å². The highest BCUT2D eigenvalue weighted by Crippen LogP contribution is 2.18. The number of ether oxygens (including phenoxy) is 3. The average molecular weight is 1130 g/mol. The van der Waals surface area contributed by atoms with Gasteiger partial charge >= 0.3 is 17.9 Å². The highest BCUT2D eigenvalue weighted by molar-refractivity contribution is 5.71. The van der Waals surface area contributed by atoms with Crippen molar-refractivity contribution in [2.75, 3.05) is 13.2 Å². The molecule has 0 heterocycles. The maximum absolute atomic E-state index is 12.9. The van der Waals surface area contributed by atoms with Crippen LogP contribution in [0.25, 0.3) is 0 Å². The van der Waals surface area contributed by atoms with E-state index in [0.717, 1.165) is 89.9 Å². The molecule has 0 spiro atoms. The second kappa shape index (κ2) is 69.3. The van der Waals surface area contributed by atoms with Crippen molar-refractivity contribution >= 4 is 17.9 Å². The van der Waals surface area contributed by atoms with Crippen LogP contribution < -0.4 is 0 Å². The molecule has 81 heavy (non-hydrogen) atoms. The van der Waals surface area contributed by atoms with E-state index in [0.29, 0.717) is 19.3 Å². The summed E-state index contributed by atoms with van der Waals surface area (Å²) in [5.41, 5.74) is 0. The normalized spacial score (nSPS) is 12.5. The van der Waals surface area contributed by atoms with E-state index in [2.05, 4.69) is 93.7 Å². The molecule has 1 unspecified atom stereocenters. The van der Waals surface area contributed by atoms with Crippen molar-refractivity contribution in [1.82, 2.24) is 0 Å². The molecule has 0 aliphatic carbocycles. The topological polar surface area (TPSA) is 78.9 Å². The molecule has 0 aromatic rings. The summed E-state index contributed by atoms with van der Waals surface area (Å²) in [6, 6.07) is 0. The van der Waals surface area contributed by atoms with Gasteiger partial charge in [0.1, 0.15) is 13.2 Å². The molecule has 6 heteroatoms. The van der Waals surface area contributed by atoms with Crippen LogP contribution in [0.5, 0.6) is 0 Å². The van der Waals surface area contributed by atoms with Crippen LogP contribution in [0.3, 0.4) is 0 Å². The SMILES string of the molecule is CC/C=C\C/C=C\C/C=C\C/C=C\C/C=C\CCCCCCCCCCCCCCCCCC(=O)OCC(COC(=O)CCCCCCCCCCCCCCCC)OC(=O)CCCCCCCCC/C=C\CCCCCCCCC. The molecular weight excluding hydrogens is 997 g/mol. The van der Waals surface area contributed by atoms with Crippen LogP contribution >= 0.6 is 0 Å². The van der Waals surface area contributed by atoms with Gasteiger partial charge in [-0.05, 0) is 89.9 Å². The van der Waals surface area contributed by atoms with Gasteiger partial charge in [-0.15, -0.1) is 0 Å². The summed E-state index contributed by atoms with van der Waals surface area (Å²) in [5.74, 6) is -0.852.